The number of hydrogen-bond acceptors (Lipinski definition) is 4. The lowest BCUT2D eigenvalue weighted by molar-refractivity contribution is -0.117. The predicted octanol–water partition coefficient (Wildman–Crippen LogP) is 2.52. The van der Waals surface area contributed by atoms with Gasteiger partial charge in [-0.05, 0) is 23.6 Å². The third-order valence-corrected chi connectivity index (χ3v) is 3.79. The number of amides is 1. The molecule has 0 saturated heterocycles. The number of hydrogen-bond donors (Lipinski definition) is 3. The number of nitrogens with zero attached hydrogens (tertiary/aromatic N) is 1. The van der Waals surface area contributed by atoms with Gasteiger partial charge in [0.15, 0.2) is 0 Å². The lowest BCUT2D eigenvalue weighted by Crippen LogP contribution is -2.28. The Balaban J connectivity index is 1.94. The maximum absolute atomic E-state index is 12.2. The Bertz CT molecular complexity index is 778. The summed E-state index contributed by atoms with van der Waals surface area (Å²) in [4.78, 5) is 12.2. The lowest BCUT2D eigenvalue weighted by Gasteiger charge is -2.13. The Morgan fingerprint density at radius 3 is 2.60 bits per heavy atom. The normalized spacial score (nSPS) is 12.1. The Morgan fingerprint density at radius 1 is 1.20 bits per heavy atom. The third-order valence-electron chi connectivity index (χ3n) is 3.79. The number of rotatable bonds is 7. The molecule has 2 aromatic carbocycles. The minimum Gasteiger partial charge on any atom is -0.386 e. The van der Waals surface area contributed by atoms with Crippen molar-refractivity contribution in [2.75, 3.05) is 0 Å². The van der Waals surface area contributed by atoms with E-state index in [1.165, 1.54) is 6.20 Å². The molecule has 0 aromatic heterocycles. The van der Waals surface area contributed by atoms with Gasteiger partial charge >= 0.3 is 0 Å². The topological polar surface area (TPSA) is 90.9 Å². The van der Waals surface area contributed by atoms with Crippen LogP contribution in [0.2, 0.25) is 0 Å². The molecule has 128 valence electrons. The maximum atomic E-state index is 12.2. The van der Waals surface area contributed by atoms with Gasteiger partial charge in [-0.3, -0.25) is 4.79 Å². The van der Waals surface area contributed by atoms with Crippen LogP contribution >= 0.6 is 0 Å². The van der Waals surface area contributed by atoms with E-state index < -0.39 is 5.91 Å². The molecular formula is C20H22N4O. The first-order valence-corrected chi connectivity index (χ1v) is 8.11. The van der Waals surface area contributed by atoms with Gasteiger partial charge in [0.2, 0.25) is 0 Å². The quantitative estimate of drug-likeness (QED) is 0.536. The van der Waals surface area contributed by atoms with Crippen LogP contribution in [-0.2, 0) is 17.9 Å². The van der Waals surface area contributed by atoms with Crippen LogP contribution in [0, 0.1) is 11.3 Å². The van der Waals surface area contributed by atoms with E-state index in [1.807, 2.05) is 67.6 Å². The van der Waals surface area contributed by atoms with Gasteiger partial charge in [0.05, 0.1) is 6.04 Å². The molecule has 1 amide bonds. The summed E-state index contributed by atoms with van der Waals surface area (Å²) in [5, 5.41) is 15.1. The van der Waals surface area contributed by atoms with E-state index in [9.17, 15) is 10.1 Å². The van der Waals surface area contributed by atoms with Crippen LogP contribution in [0.15, 0.2) is 66.4 Å². The zero-order chi connectivity index (χ0) is 18.1. The van der Waals surface area contributed by atoms with Crippen LogP contribution in [0.3, 0.4) is 0 Å². The highest BCUT2D eigenvalue weighted by Gasteiger charge is 2.13. The molecule has 25 heavy (non-hydrogen) atoms. The molecule has 0 aliphatic carbocycles. The Morgan fingerprint density at radius 2 is 1.92 bits per heavy atom. The first-order valence-electron chi connectivity index (χ1n) is 8.11. The molecule has 0 aliphatic heterocycles. The van der Waals surface area contributed by atoms with E-state index in [1.54, 1.807) is 0 Å². The van der Waals surface area contributed by atoms with Crippen LogP contribution in [0.1, 0.15) is 29.7 Å². The van der Waals surface area contributed by atoms with Crippen molar-refractivity contribution in [1.29, 1.82) is 5.26 Å². The number of nitrogens with two attached hydrogens (primary N) is 1. The lowest BCUT2D eigenvalue weighted by atomic mass is 10.1. The molecule has 4 N–H and O–H groups in total. The van der Waals surface area contributed by atoms with Crippen molar-refractivity contribution in [2.45, 2.75) is 26.1 Å². The van der Waals surface area contributed by atoms with Gasteiger partial charge in [-0.2, -0.15) is 5.26 Å². The van der Waals surface area contributed by atoms with Crippen LogP contribution in [0.4, 0.5) is 0 Å². The molecule has 0 bridgehead atoms. The minimum atomic E-state index is -0.401. The smallest absolute Gasteiger partial charge is 0.263 e. The molecule has 2 rings (SSSR count). The zero-order valence-electron chi connectivity index (χ0n) is 14.2. The fourth-order valence-electron chi connectivity index (χ4n) is 2.39. The van der Waals surface area contributed by atoms with Crippen LogP contribution in [-0.4, -0.2) is 5.91 Å². The van der Waals surface area contributed by atoms with Gasteiger partial charge in [0.25, 0.3) is 5.91 Å². The standard InChI is InChI=1S/C20H22N4O/c1-15(18-8-3-2-4-9-18)24-20(25)19(12-22)14-23-13-17-7-5-6-16(10-17)11-21/h2-10,14-15,23H,11,13,21H2,1H3,(H,24,25)/b19-14-. The molecule has 2 aromatic rings. The van der Waals surface area contributed by atoms with Gasteiger partial charge < -0.3 is 16.4 Å². The molecule has 0 fully saturated rings. The second-order valence-corrected chi connectivity index (χ2v) is 5.68. The molecule has 0 spiro atoms. The third kappa shape index (κ3) is 5.48. The van der Waals surface area contributed by atoms with Crippen molar-refractivity contribution in [1.82, 2.24) is 10.6 Å². The van der Waals surface area contributed by atoms with E-state index in [0.717, 1.165) is 16.7 Å². The highest BCUT2D eigenvalue weighted by Crippen LogP contribution is 2.11. The summed E-state index contributed by atoms with van der Waals surface area (Å²) in [7, 11) is 0. The zero-order valence-corrected chi connectivity index (χ0v) is 14.2. The summed E-state index contributed by atoms with van der Waals surface area (Å²) in [6, 6.07) is 19.2. The van der Waals surface area contributed by atoms with Crippen molar-refractivity contribution in [3.8, 4) is 6.07 Å². The van der Waals surface area contributed by atoms with Gasteiger partial charge in [0, 0.05) is 19.3 Å². The number of carbonyl (C=O) groups is 1. The van der Waals surface area contributed by atoms with E-state index >= 15 is 0 Å². The second-order valence-electron chi connectivity index (χ2n) is 5.68. The average molecular weight is 334 g/mol. The summed E-state index contributed by atoms with van der Waals surface area (Å²) in [6.45, 7) is 2.88. The molecule has 0 radical (unpaired) electrons. The Labute approximate surface area is 148 Å². The predicted molar refractivity (Wildman–Crippen MR) is 97.9 cm³/mol. The fraction of sp³-hybridized carbons (Fsp3) is 0.200. The highest BCUT2D eigenvalue weighted by molar-refractivity contribution is 5.97. The fourth-order valence-corrected chi connectivity index (χ4v) is 2.39. The number of nitriles is 1. The average Bonchev–Trinajstić information content (AvgIpc) is 2.66. The van der Waals surface area contributed by atoms with Crippen molar-refractivity contribution in [3.63, 3.8) is 0 Å². The molecule has 5 nitrogen and oxygen atoms in total. The van der Waals surface area contributed by atoms with Gasteiger partial charge in [-0.1, -0.05) is 54.6 Å². The minimum absolute atomic E-state index is 0.0396. The van der Waals surface area contributed by atoms with Gasteiger partial charge in [0.1, 0.15) is 11.6 Å². The Hall–Kier alpha value is -3.10. The molecular weight excluding hydrogens is 312 g/mol. The van der Waals surface area contributed by atoms with Crippen molar-refractivity contribution in [2.24, 2.45) is 5.73 Å². The van der Waals surface area contributed by atoms with Gasteiger partial charge in [-0.15, -0.1) is 0 Å². The van der Waals surface area contributed by atoms with Crippen molar-refractivity contribution in [3.05, 3.63) is 83.1 Å². The molecule has 1 unspecified atom stereocenters. The largest absolute Gasteiger partial charge is 0.386 e. The molecule has 0 saturated carbocycles. The van der Waals surface area contributed by atoms with E-state index in [4.69, 9.17) is 5.73 Å². The maximum Gasteiger partial charge on any atom is 0.263 e. The molecule has 0 aliphatic rings. The van der Waals surface area contributed by atoms with E-state index in [0.29, 0.717) is 13.1 Å². The summed E-state index contributed by atoms with van der Waals surface area (Å²) in [6.07, 6.45) is 1.45. The monoisotopic (exact) mass is 334 g/mol. The van der Waals surface area contributed by atoms with E-state index in [-0.39, 0.29) is 11.6 Å². The van der Waals surface area contributed by atoms with Crippen LogP contribution < -0.4 is 16.4 Å². The SMILES string of the molecule is CC(NC(=O)/C(C#N)=C\NCc1cccc(CN)c1)c1ccccc1. The van der Waals surface area contributed by atoms with E-state index in [2.05, 4.69) is 10.6 Å². The highest BCUT2D eigenvalue weighted by atomic mass is 16.1. The number of nitrogens with one attached hydrogen (secondary N) is 2. The molecule has 0 heterocycles. The summed E-state index contributed by atoms with van der Waals surface area (Å²) >= 11 is 0. The molecule has 1 atom stereocenters. The number of carbonyl (C=O) groups excluding carboxylic acids is 1. The molecule has 5 heteroatoms. The summed E-state index contributed by atoms with van der Waals surface area (Å²) in [5.41, 5.74) is 8.72. The van der Waals surface area contributed by atoms with Crippen molar-refractivity contribution < 1.29 is 4.79 Å². The van der Waals surface area contributed by atoms with Crippen molar-refractivity contribution >= 4 is 5.91 Å². The first kappa shape index (κ1) is 18.2. The van der Waals surface area contributed by atoms with Gasteiger partial charge in [-0.25, -0.2) is 0 Å². The number of benzene rings is 2. The second kappa shape index (κ2) is 9.26. The van der Waals surface area contributed by atoms with Crippen LogP contribution in [0.5, 0.6) is 0 Å². The first-order chi connectivity index (χ1) is 12.1. The summed E-state index contributed by atoms with van der Waals surface area (Å²) < 4.78 is 0. The van der Waals surface area contributed by atoms with Crippen LogP contribution in [0.25, 0.3) is 0 Å². The summed E-state index contributed by atoms with van der Waals surface area (Å²) in [5.74, 6) is -0.401. The Kier molecular flexibility index (Phi) is 6.76.